The van der Waals surface area contributed by atoms with Crippen molar-refractivity contribution in [3.63, 3.8) is 0 Å². The second-order valence-electron chi connectivity index (χ2n) is 5.95. The van der Waals surface area contributed by atoms with Crippen molar-refractivity contribution >= 4 is 8.07 Å². The second-order valence-corrected chi connectivity index (χ2v) is 11.4. The molecule has 0 saturated heterocycles. The van der Waals surface area contributed by atoms with Crippen LogP contribution in [0, 0.1) is 5.92 Å². The SMILES string of the molecule is CC[Si](C)(C)CC1C=CC2=C1CCCC2. The predicted octanol–water partition coefficient (Wildman–Crippen LogP) is 4.77. The summed E-state index contributed by atoms with van der Waals surface area (Å²) in [4.78, 5) is 0. The molecular weight excluding hydrogens is 196 g/mol. The van der Waals surface area contributed by atoms with Crippen LogP contribution in [0.15, 0.2) is 23.3 Å². The normalized spacial score (nSPS) is 25.9. The van der Waals surface area contributed by atoms with Crippen molar-refractivity contribution in [2.45, 2.75) is 57.8 Å². The molecule has 15 heavy (non-hydrogen) atoms. The van der Waals surface area contributed by atoms with Crippen molar-refractivity contribution in [2.75, 3.05) is 0 Å². The molecule has 0 aromatic carbocycles. The molecule has 1 heteroatoms. The fourth-order valence-electron chi connectivity index (χ4n) is 2.85. The van der Waals surface area contributed by atoms with Crippen molar-refractivity contribution in [1.82, 2.24) is 0 Å². The lowest BCUT2D eigenvalue weighted by Gasteiger charge is -2.27. The van der Waals surface area contributed by atoms with Crippen LogP contribution < -0.4 is 0 Å². The van der Waals surface area contributed by atoms with Crippen molar-refractivity contribution in [3.8, 4) is 0 Å². The third-order valence-corrected chi connectivity index (χ3v) is 7.72. The van der Waals surface area contributed by atoms with Crippen LogP contribution in [0.2, 0.25) is 25.2 Å². The maximum absolute atomic E-state index is 2.54. The van der Waals surface area contributed by atoms with Gasteiger partial charge in [-0.25, -0.2) is 0 Å². The molecule has 0 amide bonds. The van der Waals surface area contributed by atoms with Crippen LogP contribution in [0.5, 0.6) is 0 Å². The van der Waals surface area contributed by atoms with Crippen molar-refractivity contribution in [3.05, 3.63) is 23.3 Å². The Bertz CT molecular complexity index is 296. The quantitative estimate of drug-likeness (QED) is 0.601. The molecule has 0 saturated carbocycles. The fourth-order valence-corrected chi connectivity index (χ4v) is 4.71. The van der Waals surface area contributed by atoms with E-state index in [0.717, 1.165) is 5.92 Å². The minimum atomic E-state index is -0.904. The Balaban J connectivity index is 2.06. The average Bonchev–Trinajstić information content (AvgIpc) is 2.62. The summed E-state index contributed by atoms with van der Waals surface area (Å²) in [6.07, 6.45) is 10.5. The van der Waals surface area contributed by atoms with Gasteiger partial charge in [0.25, 0.3) is 0 Å². The molecule has 1 unspecified atom stereocenters. The lowest BCUT2D eigenvalue weighted by Crippen LogP contribution is -2.27. The first kappa shape index (κ1) is 11.2. The first-order valence-electron chi connectivity index (χ1n) is 6.52. The zero-order chi connectivity index (χ0) is 10.9. The molecule has 0 aromatic rings. The zero-order valence-corrected chi connectivity index (χ0v) is 11.5. The Hall–Kier alpha value is -0.303. The number of hydrogen-bond acceptors (Lipinski definition) is 0. The molecule has 0 N–H and O–H groups in total. The lowest BCUT2D eigenvalue weighted by molar-refractivity contribution is 0.641. The highest BCUT2D eigenvalue weighted by Crippen LogP contribution is 2.40. The molecule has 0 fully saturated rings. The Labute approximate surface area is 95.5 Å². The maximum atomic E-state index is 2.54. The summed E-state index contributed by atoms with van der Waals surface area (Å²) >= 11 is 0. The van der Waals surface area contributed by atoms with E-state index in [9.17, 15) is 0 Å². The van der Waals surface area contributed by atoms with E-state index in [1.807, 2.05) is 5.57 Å². The van der Waals surface area contributed by atoms with E-state index in [2.05, 4.69) is 32.2 Å². The highest BCUT2D eigenvalue weighted by Gasteiger charge is 2.28. The van der Waals surface area contributed by atoms with E-state index in [-0.39, 0.29) is 0 Å². The first-order valence-corrected chi connectivity index (χ1v) is 9.94. The standard InChI is InChI=1S/C14H24Si/c1-4-15(2,3)11-13-10-9-12-7-5-6-8-14(12)13/h9-10,13H,4-8,11H2,1-3H3. The average molecular weight is 220 g/mol. The van der Waals surface area contributed by atoms with E-state index in [0.29, 0.717) is 0 Å². The van der Waals surface area contributed by atoms with Gasteiger partial charge in [-0.05, 0) is 43.2 Å². The minimum absolute atomic E-state index is 0.835. The summed E-state index contributed by atoms with van der Waals surface area (Å²) in [5.41, 5.74) is 3.52. The van der Waals surface area contributed by atoms with Crippen LogP contribution in [-0.2, 0) is 0 Å². The summed E-state index contributed by atoms with van der Waals surface area (Å²) in [6, 6.07) is 2.92. The lowest BCUT2D eigenvalue weighted by atomic mass is 9.89. The molecule has 0 heterocycles. The zero-order valence-electron chi connectivity index (χ0n) is 10.5. The van der Waals surface area contributed by atoms with Gasteiger partial charge in [0, 0.05) is 8.07 Å². The van der Waals surface area contributed by atoms with Gasteiger partial charge in [-0.2, -0.15) is 0 Å². The van der Waals surface area contributed by atoms with E-state index in [1.165, 1.54) is 37.8 Å². The fraction of sp³-hybridized carbons (Fsp3) is 0.714. The van der Waals surface area contributed by atoms with Crippen molar-refractivity contribution in [2.24, 2.45) is 5.92 Å². The summed E-state index contributed by atoms with van der Waals surface area (Å²) in [5.74, 6) is 0.835. The third-order valence-electron chi connectivity index (χ3n) is 4.26. The van der Waals surface area contributed by atoms with Gasteiger partial charge in [-0.15, -0.1) is 0 Å². The van der Waals surface area contributed by atoms with Gasteiger partial charge in [0.15, 0.2) is 0 Å². The van der Waals surface area contributed by atoms with Gasteiger partial charge in [0.05, 0.1) is 0 Å². The largest absolute Gasteiger partial charge is 0.0773 e. The monoisotopic (exact) mass is 220 g/mol. The summed E-state index contributed by atoms with van der Waals surface area (Å²) in [7, 11) is -0.904. The van der Waals surface area contributed by atoms with E-state index in [4.69, 9.17) is 0 Å². The van der Waals surface area contributed by atoms with Crippen LogP contribution in [0.25, 0.3) is 0 Å². The van der Waals surface area contributed by atoms with Crippen LogP contribution >= 0.6 is 0 Å². The molecule has 2 aliphatic rings. The molecule has 84 valence electrons. The predicted molar refractivity (Wildman–Crippen MR) is 70.9 cm³/mol. The molecule has 0 nitrogen and oxygen atoms in total. The third kappa shape index (κ3) is 2.44. The Morgan fingerprint density at radius 2 is 2.00 bits per heavy atom. The van der Waals surface area contributed by atoms with E-state index in [1.54, 1.807) is 5.57 Å². The number of hydrogen-bond donors (Lipinski definition) is 0. The topological polar surface area (TPSA) is 0 Å². The van der Waals surface area contributed by atoms with Gasteiger partial charge >= 0.3 is 0 Å². The summed E-state index contributed by atoms with van der Waals surface area (Å²) in [6.45, 7) is 7.46. The van der Waals surface area contributed by atoms with Crippen LogP contribution in [-0.4, -0.2) is 8.07 Å². The van der Waals surface area contributed by atoms with Gasteiger partial charge in [-0.1, -0.05) is 43.8 Å². The Morgan fingerprint density at radius 1 is 1.27 bits per heavy atom. The number of rotatable bonds is 3. The molecule has 0 bridgehead atoms. The Morgan fingerprint density at radius 3 is 2.73 bits per heavy atom. The molecule has 2 aliphatic carbocycles. The molecular formula is C14H24Si. The highest BCUT2D eigenvalue weighted by atomic mass is 28.3. The van der Waals surface area contributed by atoms with Crippen molar-refractivity contribution < 1.29 is 0 Å². The second kappa shape index (κ2) is 4.29. The van der Waals surface area contributed by atoms with E-state index < -0.39 is 8.07 Å². The molecule has 2 rings (SSSR count). The van der Waals surface area contributed by atoms with Gasteiger partial charge < -0.3 is 0 Å². The molecule has 0 radical (unpaired) electrons. The summed E-state index contributed by atoms with van der Waals surface area (Å²) in [5, 5.41) is 0. The maximum Gasteiger partial charge on any atom is 0.0480 e. The Kier molecular flexibility index (Phi) is 3.20. The smallest absolute Gasteiger partial charge is 0.0480 e. The van der Waals surface area contributed by atoms with Gasteiger partial charge in [0.1, 0.15) is 0 Å². The van der Waals surface area contributed by atoms with Crippen LogP contribution in [0.1, 0.15) is 32.6 Å². The molecule has 0 spiro atoms. The van der Waals surface area contributed by atoms with Crippen molar-refractivity contribution in [1.29, 1.82) is 0 Å². The molecule has 1 atom stereocenters. The van der Waals surface area contributed by atoms with E-state index >= 15 is 0 Å². The van der Waals surface area contributed by atoms with Gasteiger partial charge in [-0.3, -0.25) is 0 Å². The molecule has 0 aliphatic heterocycles. The first-order chi connectivity index (χ1) is 7.12. The summed E-state index contributed by atoms with van der Waals surface area (Å²) < 4.78 is 0. The van der Waals surface area contributed by atoms with Crippen LogP contribution in [0.3, 0.4) is 0 Å². The highest BCUT2D eigenvalue weighted by molar-refractivity contribution is 6.77. The number of allylic oxidation sites excluding steroid dienone is 4. The molecule has 0 aromatic heterocycles. The minimum Gasteiger partial charge on any atom is -0.0773 e. The van der Waals surface area contributed by atoms with Crippen LogP contribution in [0.4, 0.5) is 0 Å². The van der Waals surface area contributed by atoms with Gasteiger partial charge in [0.2, 0.25) is 0 Å².